The Bertz CT molecular complexity index is 861. The third-order valence-corrected chi connectivity index (χ3v) is 5.74. The minimum atomic E-state index is -3.84. The van der Waals surface area contributed by atoms with Crippen molar-refractivity contribution in [2.45, 2.75) is 17.7 Å². The van der Waals surface area contributed by atoms with Gasteiger partial charge in [0.25, 0.3) is 10.0 Å². The van der Waals surface area contributed by atoms with Crippen molar-refractivity contribution in [3.63, 3.8) is 0 Å². The predicted octanol–water partition coefficient (Wildman–Crippen LogP) is 2.46. The molecule has 3 rings (SSSR count). The molecule has 0 radical (unpaired) electrons. The third-order valence-electron chi connectivity index (χ3n) is 3.95. The zero-order valence-electron chi connectivity index (χ0n) is 13.0. The second-order valence-corrected chi connectivity index (χ2v) is 7.25. The van der Waals surface area contributed by atoms with Gasteiger partial charge >= 0.3 is 5.97 Å². The highest BCUT2D eigenvalue weighted by atomic mass is 32.2. The third kappa shape index (κ3) is 2.71. The average Bonchev–Trinajstić information content (AvgIpc) is 2.96. The summed E-state index contributed by atoms with van der Waals surface area (Å²) in [5, 5.41) is 9.37. The molecular formula is C17H17NO5S. The lowest BCUT2D eigenvalue weighted by Crippen LogP contribution is -2.31. The number of nitrogens with zero attached hydrogens (tertiary/aromatic N) is 1. The van der Waals surface area contributed by atoms with Gasteiger partial charge in [-0.05, 0) is 42.8 Å². The van der Waals surface area contributed by atoms with E-state index in [1.807, 2.05) is 6.92 Å². The number of hydrogen-bond donors (Lipinski definition) is 1. The van der Waals surface area contributed by atoms with E-state index in [9.17, 15) is 18.3 Å². The number of carbonyl (C=O) groups is 1. The molecule has 0 saturated carbocycles. The van der Waals surface area contributed by atoms with Crippen molar-refractivity contribution < 1.29 is 23.1 Å². The van der Waals surface area contributed by atoms with E-state index in [0.29, 0.717) is 23.6 Å². The van der Waals surface area contributed by atoms with Crippen LogP contribution in [0.3, 0.4) is 0 Å². The van der Waals surface area contributed by atoms with Crippen LogP contribution in [0.15, 0.2) is 53.4 Å². The lowest BCUT2D eigenvalue weighted by atomic mass is 10.0. The molecule has 0 aromatic heterocycles. The molecule has 1 N–H and O–H groups in total. The van der Waals surface area contributed by atoms with Crippen LogP contribution in [-0.4, -0.2) is 32.6 Å². The number of carboxylic acid groups (broad SMARTS) is 1. The molecular weight excluding hydrogens is 330 g/mol. The number of hydrogen-bond acceptors (Lipinski definition) is 4. The zero-order valence-corrected chi connectivity index (χ0v) is 13.9. The van der Waals surface area contributed by atoms with Gasteiger partial charge in [0.05, 0.1) is 23.7 Å². The normalized spacial score (nSPS) is 16.7. The SMILES string of the molecule is CCOc1ccc(S(=O)(=O)N2CC(C(=O)O)c3ccccc32)cc1. The first kappa shape index (κ1) is 16.3. The molecule has 1 aliphatic rings. The van der Waals surface area contributed by atoms with Crippen molar-refractivity contribution >= 4 is 21.7 Å². The monoisotopic (exact) mass is 347 g/mol. The molecule has 126 valence electrons. The summed E-state index contributed by atoms with van der Waals surface area (Å²) in [6.07, 6.45) is 0. The first-order valence-corrected chi connectivity index (χ1v) is 8.96. The molecule has 0 aliphatic carbocycles. The molecule has 6 nitrogen and oxygen atoms in total. The number of anilines is 1. The van der Waals surface area contributed by atoms with Crippen LogP contribution in [0.1, 0.15) is 18.4 Å². The Labute approximate surface area is 140 Å². The summed E-state index contributed by atoms with van der Waals surface area (Å²) in [5.74, 6) is -1.31. The van der Waals surface area contributed by atoms with Crippen LogP contribution in [0, 0.1) is 0 Å². The van der Waals surface area contributed by atoms with Gasteiger partial charge in [0, 0.05) is 0 Å². The van der Waals surface area contributed by atoms with E-state index in [1.165, 1.54) is 12.1 Å². The summed E-state index contributed by atoms with van der Waals surface area (Å²) in [6.45, 7) is 2.23. The molecule has 0 bridgehead atoms. The van der Waals surface area contributed by atoms with Crippen molar-refractivity contribution in [3.05, 3.63) is 54.1 Å². The van der Waals surface area contributed by atoms with Gasteiger partial charge in [0.15, 0.2) is 0 Å². The summed E-state index contributed by atoms with van der Waals surface area (Å²) >= 11 is 0. The van der Waals surface area contributed by atoms with E-state index < -0.39 is 21.9 Å². The molecule has 0 saturated heterocycles. The summed E-state index contributed by atoms with van der Waals surface area (Å²) in [6, 6.07) is 12.8. The van der Waals surface area contributed by atoms with Crippen molar-refractivity contribution in [2.75, 3.05) is 17.5 Å². The molecule has 0 amide bonds. The predicted molar refractivity (Wildman–Crippen MR) is 89.0 cm³/mol. The van der Waals surface area contributed by atoms with Gasteiger partial charge in [-0.3, -0.25) is 9.10 Å². The molecule has 1 aliphatic heterocycles. The topological polar surface area (TPSA) is 83.9 Å². The van der Waals surface area contributed by atoms with Gasteiger partial charge in [-0.1, -0.05) is 18.2 Å². The molecule has 2 aromatic rings. The Hall–Kier alpha value is -2.54. The smallest absolute Gasteiger partial charge is 0.312 e. The number of carboxylic acids is 1. The summed E-state index contributed by atoms with van der Waals surface area (Å²) in [4.78, 5) is 11.6. The summed E-state index contributed by atoms with van der Waals surface area (Å²) in [5.41, 5.74) is 0.929. The van der Waals surface area contributed by atoms with Gasteiger partial charge in [-0.15, -0.1) is 0 Å². The standard InChI is InChI=1S/C17H17NO5S/c1-2-23-12-7-9-13(10-8-12)24(21,22)18-11-15(17(19)20)14-5-3-4-6-16(14)18/h3-10,15H,2,11H2,1H3,(H,19,20). The van der Waals surface area contributed by atoms with Gasteiger partial charge in [0.1, 0.15) is 11.7 Å². The van der Waals surface area contributed by atoms with E-state index in [1.54, 1.807) is 36.4 Å². The largest absolute Gasteiger partial charge is 0.494 e. The number of para-hydroxylation sites is 1. The van der Waals surface area contributed by atoms with Crippen LogP contribution in [0.25, 0.3) is 0 Å². The number of sulfonamides is 1. The fraction of sp³-hybridized carbons (Fsp3) is 0.235. The maximum absolute atomic E-state index is 12.9. The Morgan fingerprint density at radius 3 is 2.50 bits per heavy atom. The van der Waals surface area contributed by atoms with E-state index >= 15 is 0 Å². The maximum Gasteiger partial charge on any atom is 0.312 e. The Morgan fingerprint density at radius 1 is 1.21 bits per heavy atom. The Morgan fingerprint density at radius 2 is 1.88 bits per heavy atom. The number of ether oxygens (including phenoxy) is 1. The Kier molecular flexibility index (Phi) is 4.19. The second kappa shape index (κ2) is 6.16. The van der Waals surface area contributed by atoms with E-state index in [0.717, 1.165) is 4.31 Å². The van der Waals surface area contributed by atoms with Gasteiger partial charge in [-0.25, -0.2) is 8.42 Å². The molecule has 1 heterocycles. The second-order valence-electron chi connectivity index (χ2n) is 5.39. The molecule has 2 aromatic carbocycles. The molecule has 1 unspecified atom stereocenters. The lowest BCUT2D eigenvalue weighted by Gasteiger charge is -2.20. The average molecular weight is 347 g/mol. The molecule has 0 fully saturated rings. The van der Waals surface area contributed by atoms with Crippen molar-refractivity contribution in [2.24, 2.45) is 0 Å². The van der Waals surface area contributed by atoms with Crippen molar-refractivity contribution in [1.29, 1.82) is 0 Å². The van der Waals surface area contributed by atoms with Crippen LogP contribution in [0.5, 0.6) is 5.75 Å². The highest BCUT2D eigenvalue weighted by molar-refractivity contribution is 7.92. The number of aliphatic carboxylic acids is 1. The number of benzene rings is 2. The van der Waals surface area contributed by atoms with Crippen molar-refractivity contribution in [3.8, 4) is 5.75 Å². The highest BCUT2D eigenvalue weighted by Gasteiger charge is 2.39. The maximum atomic E-state index is 12.9. The fourth-order valence-electron chi connectivity index (χ4n) is 2.81. The quantitative estimate of drug-likeness (QED) is 0.898. The van der Waals surface area contributed by atoms with E-state index in [4.69, 9.17) is 4.74 Å². The van der Waals surface area contributed by atoms with Crippen LogP contribution < -0.4 is 9.04 Å². The van der Waals surface area contributed by atoms with Gasteiger partial charge in [0.2, 0.25) is 0 Å². The number of rotatable bonds is 5. The zero-order chi connectivity index (χ0) is 17.3. The molecule has 1 atom stereocenters. The highest BCUT2D eigenvalue weighted by Crippen LogP contribution is 2.39. The minimum Gasteiger partial charge on any atom is -0.494 e. The van der Waals surface area contributed by atoms with Crippen LogP contribution >= 0.6 is 0 Å². The van der Waals surface area contributed by atoms with E-state index in [2.05, 4.69) is 0 Å². The lowest BCUT2D eigenvalue weighted by molar-refractivity contribution is -0.138. The summed E-state index contributed by atoms with van der Waals surface area (Å²) < 4.78 is 32.3. The fourth-order valence-corrected chi connectivity index (χ4v) is 4.32. The molecule has 24 heavy (non-hydrogen) atoms. The first-order chi connectivity index (χ1) is 11.4. The van der Waals surface area contributed by atoms with Crippen LogP contribution in [0.4, 0.5) is 5.69 Å². The van der Waals surface area contributed by atoms with Crippen molar-refractivity contribution in [1.82, 2.24) is 0 Å². The van der Waals surface area contributed by atoms with Gasteiger partial charge < -0.3 is 9.84 Å². The van der Waals surface area contributed by atoms with Gasteiger partial charge in [-0.2, -0.15) is 0 Å². The summed E-state index contributed by atoms with van der Waals surface area (Å²) in [7, 11) is -3.84. The molecule has 7 heteroatoms. The van der Waals surface area contributed by atoms with Crippen LogP contribution in [-0.2, 0) is 14.8 Å². The Balaban J connectivity index is 2.00. The number of fused-ring (bicyclic) bond motifs is 1. The minimum absolute atomic E-state index is 0.104. The molecule has 0 spiro atoms. The van der Waals surface area contributed by atoms with E-state index in [-0.39, 0.29) is 11.4 Å². The van der Waals surface area contributed by atoms with Crippen LogP contribution in [0.2, 0.25) is 0 Å². The first-order valence-electron chi connectivity index (χ1n) is 7.52.